The maximum atomic E-state index is 13.3. The molecule has 0 radical (unpaired) electrons. The van der Waals surface area contributed by atoms with E-state index >= 15 is 0 Å². The Morgan fingerprint density at radius 1 is 0.865 bits per heavy atom. The molecule has 1 aliphatic rings. The van der Waals surface area contributed by atoms with Crippen molar-refractivity contribution in [2.45, 2.75) is 52.3 Å². The first kappa shape index (κ1) is 26.0. The number of rotatable bonds is 8. The molecule has 1 heterocycles. The van der Waals surface area contributed by atoms with Gasteiger partial charge in [0.2, 0.25) is 0 Å². The molecule has 4 rings (SSSR count). The molecule has 0 spiro atoms. The fraction of sp³-hybridized carbons (Fsp3) is 0.290. The molecular weight excluding hydrogens is 466 g/mol. The molecule has 1 atom stereocenters. The number of hydrogen-bond donors (Lipinski definition) is 1. The Labute approximate surface area is 218 Å². The van der Waals surface area contributed by atoms with Gasteiger partial charge in [-0.15, -0.1) is 0 Å². The zero-order valence-electron chi connectivity index (χ0n) is 21.9. The number of nitrogens with zero attached hydrogens (tertiary/aromatic N) is 1. The zero-order chi connectivity index (χ0) is 26.7. The molecule has 1 unspecified atom stereocenters. The number of likely N-dealkylation sites (tertiary alicyclic amines) is 1. The van der Waals surface area contributed by atoms with E-state index in [9.17, 15) is 14.7 Å². The van der Waals surface area contributed by atoms with Crippen molar-refractivity contribution in [2.75, 3.05) is 7.11 Å². The van der Waals surface area contributed by atoms with Gasteiger partial charge in [0.1, 0.15) is 17.3 Å². The number of ketones is 1. The Hall–Kier alpha value is -4.06. The van der Waals surface area contributed by atoms with Gasteiger partial charge < -0.3 is 19.5 Å². The van der Waals surface area contributed by atoms with E-state index in [0.29, 0.717) is 23.0 Å². The van der Waals surface area contributed by atoms with Crippen LogP contribution in [0, 0.1) is 0 Å². The average molecular weight is 500 g/mol. The largest absolute Gasteiger partial charge is 0.507 e. The number of ether oxygens (including phenoxy) is 2. The molecule has 0 aromatic heterocycles. The summed E-state index contributed by atoms with van der Waals surface area (Å²) >= 11 is 0. The molecule has 1 aliphatic heterocycles. The van der Waals surface area contributed by atoms with Gasteiger partial charge in [-0.05, 0) is 72.9 Å². The van der Waals surface area contributed by atoms with Gasteiger partial charge in [0.25, 0.3) is 11.7 Å². The van der Waals surface area contributed by atoms with Crippen LogP contribution >= 0.6 is 0 Å². The number of benzene rings is 3. The highest BCUT2D eigenvalue weighted by Crippen LogP contribution is 2.41. The Kier molecular flexibility index (Phi) is 7.67. The van der Waals surface area contributed by atoms with Crippen molar-refractivity contribution in [2.24, 2.45) is 0 Å². The third-order valence-corrected chi connectivity index (χ3v) is 6.47. The van der Waals surface area contributed by atoms with Crippen LogP contribution in [0.3, 0.4) is 0 Å². The molecule has 0 saturated carbocycles. The van der Waals surface area contributed by atoms with Gasteiger partial charge >= 0.3 is 0 Å². The summed E-state index contributed by atoms with van der Waals surface area (Å²) in [6, 6.07) is 21.4. The van der Waals surface area contributed by atoms with Crippen molar-refractivity contribution in [3.05, 3.63) is 101 Å². The number of Topliss-reactive ketones (excluding diaryl/α,β-unsaturated/α-hetero) is 1. The van der Waals surface area contributed by atoms with Gasteiger partial charge in [-0.25, -0.2) is 0 Å². The summed E-state index contributed by atoms with van der Waals surface area (Å²) in [6.45, 7) is 8.30. The number of aliphatic hydroxyl groups is 1. The second-order valence-corrected chi connectivity index (χ2v) is 9.79. The lowest BCUT2D eigenvalue weighted by atomic mass is 9.93. The van der Waals surface area contributed by atoms with Crippen molar-refractivity contribution in [1.29, 1.82) is 0 Å². The molecule has 1 fully saturated rings. The number of carbonyl (C=O) groups is 2. The first-order valence-corrected chi connectivity index (χ1v) is 12.5. The monoisotopic (exact) mass is 499 g/mol. The molecule has 0 aliphatic carbocycles. The lowest BCUT2D eigenvalue weighted by Crippen LogP contribution is -2.29. The minimum atomic E-state index is -0.727. The van der Waals surface area contributed by atoms with Gasteiger partial charge in [0.05, 0.1) is 24.8 Å². The smallest absolute Gasteiger partial charge is 0.295 e. The highest BCUT2D eigenvalue weighted by molar-refractivity contribution is 6.46. The Morgan fingerprint density at radius 2 is 1.46 bits per heavy atom. The predicted molar refractivity (Wildman–Crippen MR) is 144 cm³/mol. The molecule has 1 N–H and O–H groups in total. The third-order valence-electron chi connectivity index (χ3n) is 6.47. The lowest BCUT2D eigenvalue weighted by Gasteiger charge is -2.26. The molecule has 192 valence electrons. The molecule has 3 aromatic carbocycles. The van der Waals surface area contributed by atoms with Crippen LogP contribution in [-0.2, 0) is 16.1 Å². The van der Waals surface area contributed by atoms with Crippen LogP contribution in [0.15, 0.2) is 78.4 Å². The van der Waals surface area contributed by atoms with Crippen LogP contribution in [0.5, 0.6) is 11.5 Å². The summed E-state index contributed by atoms with van der Waals surface area (Å²) in [7, 11) is 1.59. The highest BCUT2D eigenvalue weighted by atomic mass is 16.5. The second kappa shape index (κ2) is 10.9. The van der Waals surface area contributed by atoms with E-state index in [1.54, 1.807) is 31.4 Å². The van der Waals surface area contributed by atoms with Crippen LogP contribution in [-0.4, -0.2) is 34.9 Å². The van der Waals surface area contributed by atoms with Crippen LogP contribution in [0.2, 0.25) is 0 Å². The molecule has 0 bridgehead atoms. The molecule has 1 saturated heterocycles. The Balaban J connectivity index is 1.78. The third kappa shape index (κ3) is 5.53. The van der Waals surface area contributed by atoms with E-state index in [1.165, 1.54) is 4.90 Å². The summed E-state index contributed by atoms with van der Waals surface area (Å²) < 4.78 is 10.9. The predicted octanol–water partition coefficient (Wildman–Crippen LogP) is 6.23. The zero-order valence-corrected chi connectivity index (χ0v) is 21.9. The molecule has 6 nitrogen and oxygen atoms in total. The fourth-order valence-corrected chi connectivity index (χ4v) is 4.50. The first-order chi connectivity index (χ1) is 17.7. The van der Waals surface area contributed by atoms with Crippen molar-refractivity contribution >= 4 is 17.4 Å². The quantitative estimate of drug-likeness (QED) is 0.226. The first-order valence-electron chi connectivity index (χ1n) is 12.5. The van der Waals surface area contributed by atoms with Crippen molar-refractivity contribution in [3.63, 3.8) is 0 Å². The second-order valence-electron chi connectivity index (χ2n) is 9.79. The lowest BCUT2D eigenvalue weighted by molar-refractivity contribution is -0.140. The van der Waals surface area contributed by atoms with E-state index in [4.69, 9.17) is 9.47 Å². The van der Waals surface area contributed by atoms with Crippen molar-refractivity contribution < 1.29 is 24.2 Å². The van der Waals surface area contributed by atoms with Crippen molar-refractivity contribution in [1.82, 2.24) is 4.90 Å². The van der Waals surface area contributed by atoms with Crippen molar-refractivity contribution in [3.8, 4) is 11.5 Å². The Bertz CT molecular complexity index is 1290. The Morgan fingerprint density at radius 3 is 2.00 bits per heavy atom. The molecule has 6 heteroatoms. The summed E-state index contributed by atoms with van der Waals surface area (Å²) in [4.78, 5) is 28.2. The summed E-state index contributed by atoms with van der Waals surface area (Å²) in [5.74, 6) is 0.154. The molecule has 1 amide bonds. The minimum absolute atomic E-state index is 0.0107. The van der Waals surface area contributed by atoms with E-state index in [2.05, 4.69) is 13.8 Å². The molecule has 37 heavy (non-hydrogen) atoms. The fourth-order valence-electron chi connectivity index (χ4n) is 4.50. The summed E-state index contributed by atoms with van der Waals surface area (Å²) in [5, 5.41) is 11.3. The molecule has 3 aromatic rings. The van der Waals surface area contributed by atoms with E-state index < -0.39 is 17.7 Å². The van der Waals surface area contributed by atoms with Gasteiger partial charge in [0.15, 0.2) is 0 Å². The maximum Gasteiger partial charge on any atom is 0.295 e. The van der Waals surface area contributed by atoms with Crippen LogP contribution in [0.1, 0.15) is 61.9 Å². The van der Waals surface area contributed by atoms with Crippen LogP contribution in [0.25, 0.3) is 5.76 Å². The average Bonchev–Trinajstić information content (AvgIpc) is 3.13. The normalized spacial score (nSPS) is 17.1. The summed E-state index contributed by atoms with van der Waals surface area (Å²) in [5.41, 5.74) is 3.28. The van der Waals surface area contributed by atoms with E-state index in [1.807, 2.05) is 62.4 Å². The number of carbonyl (C=O) groups excluding carboxylic acids is 2. The number of amides is 1. The topological polar surface area (TPSA) is 76.1 Å². The van der Waals surface area contributed by atoms with E-state index in [-0.39, 0.29) is 24.0 Å². The molecular formula is C31H33NO5. The minimum Gasteiger partial charge on any atom is -0.507 e. The van der Waals surface area contributed by atoms with Crippen LogP contribution < -0.4 is 9.47 Å². The van der Waals surface area contributed by atoms with Gasteiger partial charge in [0, 0.05) is 12.1 Å². The summed E-state index contributed by atoms with van der Waals surface area (Å²) in [6.07, 6.45) is 0.0107. The number of hydrogen-bond acceptors (Lipinski definition) is 5. The standard InChI is InChI=1S/C31H33NO5/c1-19(2)22-8-10-23(11-9-22)28-27(29(33)24-12-16-26(17-13-24)37-20(3)4)30(34)31(35)32(28)18-21-6-14-25(36-5)15-7-21/h6-17,19-20,28,33H,18H2,1-5H3/b29-27-. The number of aliphatic hydroxyl groups excluding tert-OH is 1. The highest BCUT2D eigenvalue weighted by Gasteiger charge is 2.46. The maximum absolute atomic E-state index is 13.3. The van der Waals surface area contributed by atoms with Gasteiger partial charge in [-0.3, -0.25) is 9.59 Å². The van der Waals surface area contributed by atoms with E-state index in [0.717, 1.165) is 16.7 Å². The number of methoxy groups -OCH3 is 1. The SMILES string of the molecule is COc1ccc(CN2C(=O)C(=O)/C(=C(\O)c3ccc(OC(C)C)cc3)C2c2ccc(C(C)C)cc2)cc1. The van der Waals surface area contributed by atoms with Gasteiger partial charge in [-0.2, -0.15) is 0 Å². The van der Waals surface area contributed by atoms with Gasteiger partial charge in [-0.1, -0.05) is 50.2 Å². The van der Waals surface area contributed by atoms with Crippen LogP contribution in [0.4, 0.5) is 0 Å².